The van der Waals surface area contributed by atoms with E-state index < -0.39 is 6.61 Å². The summed E-state index contributed by atoms with van der Waals surface area (Å²) in [7, 11) is 0. The van der Waals surface area contributed by atoms with Crippen LogP contribution in [0.1, 0.15) is 33.0 Å². The SMILES string of the molecule is CC(C)(C)c1nc(-c2cnc(N)c(OC(F)F)c2)cc(N2CC3CC2CO3)n1. The third-order valence-corrected chi connectivity index (χ3v) is 4.97. The van der Waals surface area contributed by atoms with Gasteiger partial charge in [0.25, 0.3) is 0 Å². The number of halogens is 2. The second-order valence-corrected chi connectivity index (χ2v) is 8.17. The molecule has 2 aliphatic heterocycles. The van der Waals surface area contributed by atoms with Gasteiger partial charge in [0.2, 0.25) is 0 Å². The Balaban J connectivity index is 1.77. The fraction of sp³-hybridized carbons (Fsp3) is 0.526. The molecule has 2 unspecified atom stereocenters. The predicted molar refractivity (Wildman–Crippen MR) is 100 cm³/mol. The molecule has 2 aliphatic rings. The maximum absolute atomic E-state index is 12.7. The van der Waals surface area contributed by atoms with Gasteiger partial charge < -0.3 is 20.1 Å². The van der Waals surface area contributed by atoms with E-state index in [0.29, 0.717) is 29.7 Å². The summed E-state index contributed by atoms with van der Waals surface area (Å²) < 4.78 is 35.5. The molecule has 0 amide bonds. The first-order chi connectivity index (χ1) is 13.2. The number of nitrogens with two attached hydrogens (primary N) is 1. The van der Waals surface area contributed by atoms with E-state index in [-0.39, 0.29) is 23.1 Å². The molecular weight excluding hydrogens is 368 g/mol. The van der Waals surface area contributed by atoms with Crippen LogP contribution in [0.4, 0.5) is 20.4 Å². The molecule has 4 rings (SSSR count). The summed E-state index contributed by atoms with van der Waals surface area (Å²) in [5.41, 5.74) is 6.50. The van der Waals surface area contributed by atoms with Crippen LogP contribution in [0.3, 0.4) is 0 Å². The van der Waals surface area contributed by atoms with Gasteiger partial charge in [0.1, 0.15) is 11.6 Å². The second kappa shape index (κ2) is 6.80. The van der Waals surface area contributed by atoms with Crippen LogP contribution in [0.25, 0.3) is 11.3 Å². The Hall–Kier alpha value is -2.55. The molecule has 0 spiro atoms. The zero-order chi connectivity index (χ0) is 20.1. The Kier molecular flexibility index (Phi) is 4.57. The number of hydrogen-bond donors (Lipinski definition) is 1. The summed E-state index contributed by atoms with van der Waals surface area (Å²) in [6.45, 7) is 4.57. The lowest BCUT2D eigenvalue weighted by Crippen LogP contribution is -2.38. The number of ether oxygens (including phenoxy) is 2. The van der Waals surface area contributed by atoms with E-state index in [2.05, 4.69) is 19.6 Å². The lowest BCUT2D eigenvalue weighted by molar-refractivity contribution is -0.0494. The van der Waals surface area contributed by atoms with E-state index in [4.69, 9.17) is 15.5 Å². The molecule has 4 heterocycles. The van der Waals surface area contributed by atoms with Crippen LogP contribution in [0.15, 0.2) is 18.3 Å². The van der Waals surface area contributed by atoms with Crippen molar-refractivity contribution >= 4 is 11.6 Å². The molecule has 7 nitrogen and oxygen atoms in total. The van der Waals surface area contributed by atoms with E-state index in [0.717, 1.165) is 18.8 Å². The minimum atomic E-state index is -2.98. The van der Waals surface area contributed by atoms with Gasteiger partial charge in [-0.25, -0.2) is 15.0 Å². The van der Waals surface area contributed by atoms with E-state index >= 15 is 0 Å². The summed E-state index contributed by atoms with van der Waals surface area (Å²) in [5, 5.41) is 0. The Labute approximate surface area is 161 Å². The van der Waals surface area contributed by atoms with Crippen LogP contribution in [0.5, 0.6) is 5.75 Å². The number of pyridine rings is 1. The highest BCUT2D eigenvalue weighted by atomic mass is 19.3. The molecule has 2 N–H and O–H groups in total. The number of nitrogens with zero attached hydrogens (tertiary/aromatic N) is 4. The molecule has 2 saturated heterocycles. The standard InChI is InChI=1S/C19H23F2N5O2/c1-19(2,3)17-24-13(10-4-14(28-18(20)21)16(22)23-7-10)6-15(25-17)26-8-12-5-11(26)9-27-12/h4,6-7,11-12,18H,5,8-9H2,1-3H3,(H2,22,23). The Bertz CT molecular complexity index is 887. The molecule has 28 heavy (non-hydrogen) atoms. The van der Waals surface area contributed by atoms with E-state index in [1.807, 2.05) is 26.8 Å². The van der Waals surface area contributed by atoms with Crippen molar-refractivity contribution in [3.05, 3.63) is 24.2 Å². The van der Waals surface area contributed by atoms with Gasteiger partial charge >= 0.3 is 6.61 Å². The number of nitrogen functional groups attached to an aromatic ring is 1. The summed E-state index contributed by atoms with van der Waals surface area (Å²) >= 11 is 0. The molecule has 2 atom stereocenters. The highest BCUT2D eigenvalue weighted by Gasteiger charge is 2.40. The topological polar surface area (TPSA) is 86.4 Å². The Morgan fingerprint density at radius 3 is 2.68 bits per heavy atom. The van der Waals surface area contributed by atoms with E-state index in [1.54, 1.807) is 0 Å². The monoisotopic (exact) mass is 391 g/mol. The first kappa shape index (κ1) is 18.8. The summed E-state index contributed by atoms with van der Waals surface area (Å²) in [6.07, 6.45) is 2.72. The van der Waals surface area contributed by atoms with Gasteiger partial charge in [-0.15, -0.1) is 0 Å². The third kappa shape index (κ3) is 3.58. The van der Waals surface area contributed by atoms with Crippen LogP contribution in [-0.2, 0) is 10.2 Å². The van der Waals surface area contributed by atoms with Gasteiger partial charge in [0.15, 0.2) is 11.6 Å². The molecule has 2 fully saturated rings. The Morgan fingerprint density at radius 1 is 1.29 bits per heavy atom. The minimum absolute atomic E-state index is 0.0941. The number of aromatic nitrogens is 3. The van der Waals surface area contributed by atoms with E-state index in [1.165, 1.54) is 12.3 Å². The molecule has 0 aromatic carbocycles. The van der Waals surface area contributed by atoms with Crippen molar-refractivity contribution in [2.75, 3.05) is 23.8 Å². The number of alkyl halides is 2. The quantitative estimate of drug-likeness (QED) is 0.857. The fourth-order valence-electron chi connectivity index (χ4n) is 3.53. The lowest BCUT2D eigenvalue weighted by atomic mass is 9.95. The number of fused-ring (bicyclic) bond motifs is 2. The number of morpholine rings is 1. The van der Waals surface area contributed by atoms with Crippen molar-refractivity contribution in [1.29, 1.82) is 0 Å². The molecule has 0 saturated carbocycles. The van der Waals surface area contributed by atoms with Crippen molar-refractivity contribution in [3.8, 4) is 17.0 Å². The Morgan fingerprint density at radius 2 is 2.07 bits per heavy atom. The van der Waals surface area contributed by atoms with Crippen LogP contribution in [0.2, 0.25) is 0 Å². The maximum Gasteiger partial charge on any atom is 0.387 e. The fourth-order valence-corrected chi connectivity index (χ4v) is 3.53. The van der Waals surface area contributed by atoms with Crippen LogP contribution in [-0.4, -0.2) is 46.9 Å². The maximum atomic E-state index is 12.7. The van der Waals surface area contributed by atoms with Gasteiger partial charge in [0.05, 0.1) is 24.4 Å². The first-order valence-corrected chi connectivity index (χ1v) is 9.19. The smallest absolute Gasteiger partial charge is 0.387 e. The average Bonchev–Trinajstić information content (AvgIpc) is 3.25. The van der Waals surface area contributed by atoms with Gasteiger partial charge in [-0.1, -0.05) is 20.8 Å². The molecule has 0 radical (unpaired) electrons. The zero-order valence-corrected chi connectivity index (χ0v) is 16.0. The number of anilines is 2. The minimum Gasteiger partial charge on any atom is -0.431 e. The summed E-state index contributed by atoms with van der Waals surface area (Å²) in [6, 6.07) is 3.59. The van der Waals surface area contributed by atoms with Gasteiger partial charge in [0, 0.05) is 29.8 Å². The normalized spacial score (nSPS) is 21.6. The zero-order valence-electron chi connectivity index (χ0n) is 16.0. The lowest BCUT2D eigenvalue weighted by Gasteiger charge is -2.29. The van der Waals surface area contributed by atoms with Crippen LogP contribution < -0.4 is 15.4 Å². The molecule has 9 heteroatoms. The summed E-state index contributed by atoms with van der Waals surface area (Å²) in [5.74, 6) is 1.21. The highest BCUT2D eigenvalue weighted by molar-refractivity contribution is 5.67. The van der Waals surface area contributed by atoms with Crippen molar-refractivity contribution in [1.82, 2.24) is 15.0 Å². The molecule has 0 aliphatic carbocycles. The second-order valence-electron chi connectivity index (χ2n) is 8.17. The molecule has 150 valence electrons. The predicted octanol–water partition coefficient (Wildman–Crippen LogP) is 3.00. The van der Waals surface area contributed by atoms with Crippen LogP contribution >= 0.6 is 0 Å². The van der Waals surface area contributed by atoms with Gasteiger partial charge in [-0.2, -0.15) is 8.78 Å². The van der Waals surface area contributed by atoms with E-state index in [9.17, 15) is 8.78 Å². The molecule has 2 aromatic rings. The molecule has 2 aromatic heterocycles. The van der Waals surface area contributed by atoms with Crippen molar-refractivity contribution in [2.45, 2.75) is 51.4 Å². The van der Waals surface area contributed by atoms with Crippen molar-refractivity contribution in [2.24, 2.45) is 0 Å². The van der Waals surface area contributed by atoms with Gasteiger partial charge in [-0.05, 0) is 12.5 Å². The molecule has 2 bridgehead atoms. The van der Waals surface area contributed by atoms with Crippen molar-refractivity contribution < 1.29 is 18.3 Å². The largest absolute Gasteiger partial charge is 0.431 e. The highest BCUT2D eigenvalue weighted by Crippen LogP contribution is 2.35. The van der Waals surface area contributed by atoms with Crippen molar-refractivity contribution in [3.63, 3.8) is 0 Å². The average molecular weight is 391 g/mol. The third-order valence-electron chi connectivity index (χ3n) is 4.97. The number of hydrogen-bond acceptors (Lipinski definition) is 7. The molecular formula is C19H23F2N5O2. The van der Waals surface area contributed by atoms with Crippen LogP contribution in [0, 0.1) is 0 Å². The van der Waals surface area contributed by atoms with Gasteiger partial charge in [-0.3, -0.25) is 0 Å². The number of rotatable bonds is 4. The first-order valence-electron chi connectivity index (χ1n) is 9.19. The summed E-state index contributed by atoms with van der Waals surface area (Å²) in [4.78, 5) is 15.7.